The van der Waals surface area contributed by atoms with E-state index in [1.807, 2.05) is 13.8 Å². The van der Waals surface area contributed by atoms with Crippen molar-refractivity contribution in [2.45, 2.75) is 52.3 Å². The lowest BCUT2D eigenvalue weighted by molar-refractivity contribution is -0.139. The van der Waals surface area contributed by atoms with Gasteiger partial charge in [-0.15, -0.1) is 0 Å². The third-order valence-corrected chi connectivity index (χ3v) is 4.88. The number of hydrogen-bond acceptors (Lipinski definition) is 3. The van der Waals surface area contributed by atoms with Crippen molar-refractivity contribution in [3.05, 3.63) is 35.4 Å². The lowest BCUT2D eigenvalue weighted by Gasteiger charge is -2.38. The smallest absolute Gasteiger partial charge is 0.387 e. The molecule has 3 nitrogen and oxygen atoms in total. The molecule has 3 atom stereocenters. The minimum atomic E-state index is -4.45. The van der Waals surface area contributed by atoms with Crippen LogP contribution in [0.15, 0.2) is 29.3 Å². The maximum absolute atomic E-state index is 13.3. The molecule has 1 heterocycles. The third kappa shape index (κ3) is 4.05. The fourth-order valence-electron chi connectivity index (χ4n) is 3.70. The van der Waals surface area contributed by atoms with E-state index in [1.54, 1.807) is 19.9 Å². The first-order valence-electron chi connectivity index (χ1n) is 8.50. The summed E-state index contributed by atoms with van der Waals surface area (Å²) in [4.78, 5) is 17.5. The molecule has 0 radical (unpaired) electrons. The SMILES string of the molecule is CC(C)CC1(C)N=C(N)C(C)C(Cc2ccccc2C(F)(F)F)C1=O. The molecule has 0 aliphatic carbocycles. The van der Waals surface area contributed by atoms with Gasteiger partial charge >= 0.3 is 6.18 Å². The van der Waals surface area contributed by atoms with Gasteiger partial charge in [0.15, 0.2) is 5.78 Å². The summed E-state index contributed by atoms with van der Waals surface area (Å²) >= 11 is 0. The van der Waals surface area contributed by atoms with E-state index >= 15 is 0 Å². The molecule has 0 fully saturated rings. The quantitative estimate of drug-likeness (QED) is 0.879. The Labute approximate surface area is 146 Å². The van der Waals surface area contributed by atoms with Crippen molar-refractivity contribution in [3.63, 3.8) is 0 Å². The number of ketones is 1. The number of benzene rings is 1. The summed E-state index contributed by atoms with van der Waals surface area (Å²) in [7, 11) is 0. The summed E-state index contributed by atoms with van der Waals surface area (Å²) in [5, 5.41) is 0. The van der Waals surface area contributed by atoms with Gasteiger partial charge in [0.25, 0.3) is 0 Å². The predicted molar refractivity (Wildman–Crippen MR) is 92.3 cm³/mol. The number of nitrogens with two attached hydrogens (primary N) is 1. The van der Waals surface area contributed by atoms with Gasteiger partial charge < -0.3 is 5.73 Å². The number of nitrogens with zero attached hydrogens (tertiary/aromatic N) is 1. The highest BCUT2D eigenvalue weighted by Crippen LogP contribution is 2.38. The Hall–Kier alpha value is -1.85. The van der Waals surface area contributed by atoms with Gasteiger partial charge in [-0.1, -0.05) is 39.0 Å². The zero-order chi connectivity index (χ0) is 19.0. The zero-order valence-corrected chi connectivity index (χ0v) is 15.0. The van der Waals surface area contributed by atoms with E-state index in [-0.39, 0.29) is 29.6 Å². The molecule has 2 rings (SSSR count). The van der Waals surface area contributed by atoms with Gasteiger partial charge in [-0.05, 0) is 37.3 Å². The molecule has 138 valence electrons. The summed E-state index contributed by atoms with van der Waals surface area (Å²) in [5.41, 5.74) is 4.50. The standard InChI is InChI=1S/C19H25F3N2O/c1-11(2)10-18(4)16(25)14(12(3)17(23)24-18)9-13-7-5-6-8-15(13)19(20,21)22/h5-8,11-12,14H,9-10H2,1-4H3,(H2,23,24). The van der Waals surface area contributed by atoms with Crippen LogP contribution in [-0.4, -0.2) is 17.2 Å². The van der Waals surface area contributed by atoms with Crippen molar-refractivity contribution < 1.29 is 18.0 Å². The van der Waals surface area contributed by atoms with Gasteiger partial charge in [0.2, 0.25) is 0 Å². The van der Waals surface area contributed by atoms with Gasteiger partial charge in [-0.3, -0.25) is 9.79 Å². The van der Waals surface area contributed by atoms with Crippen molar-refractivity contribution in [1.82, 2.24) is 0 Å². The summed E-state index contributed by atoms with van der Waals surface area (Å²) in [5.74, 6) is -0.544. The van der Waals surface area contributed by atoms with Crippen molar-refractivity contribution in [3.8, 4) is 0 Å². The molecule has 0 saturated heterocycles. The molecule has 0 amide bonds. The van der Waals surface area contributed by atoms with Crippen molar-refractivity contribution in [1.29, 1.82) is 0 Å². The van der Waals surface area contributed by atoms with Gasteiger partial charge in [-0.25, -0.2) is 0 Å². The number of rotatable bonds is 4. The van der Waals surface area contributed by atoms with Crippen LogP contribution < -0.4 is 5.73 Å². The fourth-order valence-corrected chi connectivity index (χ4v) is 3.70. The average Bonchev–Trinajstić information content (AvgIpc) is 2.48. The Morgan fingerprint density at radius 2 is 1.88 bits per heavy atom. The van der Waals surface area contributed by atoms with Gasteiger partial charge in [0.1, 0.15) is 5.54 Å². The summed E-state index contributed by atoms with van der Waals surface area (Å²) < 4.78 is 39.8. The van der Waals surface area contributed by atoms with Crippen LogP contribution in [0.2, 0.25) is 0 Å². The van der Waals surface area contributed by atoms with Crippen LogP contribution >= 0.6 is 0 Å². The van der Waals surface area contributed by atoms with Gasteiger partial charge in [0.05, 0.1) is 11.4 Å². The lowest BCUT2D eigenvalue weighted by atomic mass is 9.71. The van der Waals surface area contributed by atoms with Crippen molar-refractivity contribution in [2.24, 2.45) is 28.5 Å². The maximum atomic E-state index is 13.3. The minimum absolute atomic E-state index is 0.0135. The van der Waals surface area contributed by atoms with Crippen LogP contribution in [0.1, 0.15) is 45.2 Å². The van der Waals surface area contributed by atoms with Crippen molar-refractivity contribution >= 4 is 11.6 Å². The Kier molecular flexibility index (Phi) is 5.30. The van der Waals surface area contributed by atoms with Crippen LogP contribution in [0, 0.1) is 17.8 Å². The zero-order valence-electron chi connectivity index (χ0n) is 15.0. The fraction of sp³-hybridized carbons (Fsp3) is 0.579. The second-order valence-corrected chi connectivity index (χ2v) is 7.53. The largest absolute Gasteiger partial charge is 0.416 e. The minimum Gasteiger partial charge on any atom is -0.387 e. The van der Waals surface area contributed by atoms with E-state index in [1.165, 1.54) is 12.1 Å². The van der Waals surface area contributed by atoms with Crippen molar-refractivity contribution in [2.75, 3.05) is 0 Å². The number of halogens is 3. The highest BCUT2D eigenvalue weighted by atomic mass is 19.4. The number of alkyl halides is 3. The van der Waals surface area contributed by atoms with Crippen LogP contribution in [0.5, 0.6) is 0 Å². The first kappa shape index (κ1) is 19.5. The molecule has 25 heavy (non-hydrogen) atoms. The Bertz CT molecular complexity index is 681. The number of aliphatic imine (C=N–C) groups is 1. The number of hydrogen-bond donors (Lipinski definition) is 1. The average molecular weight is 354 g/mol. The highest BCUT2D eigenvalue weighted by Gasteiger charge is 2.46. The first-order valence-corrected chi connectivity index (χ1v) is 8.50. The molecule has 0 saturated carbocycles. The molecule has 0 bridgehead atoms. The van der Waals surface area contributed by atoms with Crippen LogP contribution in [0.4, 0.5) is 13.2 Å². The normalized spacial score (nSPS) is 27.5. The van der Waals surface area contributed by atoms with Gasteiger partial charge in [-0.2, -0.15) is 13.2 Å². The second kappa shape index (κ2) is 6.81. The molecule has 1 aromatic rings. The number of carbonyl (C=O) groups excluding carboxylic acids is 1. The summed E-state index contributed by atoms with van der Waals surface area (Å²) in [6, 6.07) is 5.41. The molecule has 2 N–H and O–H groups in total. The topological polar surface area (TPSA) is 55.4 Å². The van der Waals surface area contributed by atoms with E-state index in [0.717, 1.165) is 6.07 Å². The molecule has 3 unspecified atom stereocenters. The molecule has 1 aromatic carbocycles. The van der Waals surface area contributed by atoms with Crippen LogP contribution in [0.3, 0.4) is 0 Å². The van der Waals surface area contributed by atoms with E-state index in [9.17, 15) is 18.0 Å². The van der Waals surface area contributed by atoms with E-state index in [4.69, 9.17) is 5.73 Å². The maximum Gasteiger partial charge on any atom is 0.416 e. The monoisotopic (exact) mass is 354 g/mol. The third-order valence-electron chi connectivity index (χ3n) is 4.88. The summed E-state index contributed by atoms with van der Waals surface area (Å²) in [6.07, 6.45) is -3.91. The predicted octanol–water partition coefficient (Wildman–Crippen LogP) is 4.24. The summed E-state index contributed by atoms with van der Waals surface area (Å²) in [6.45, 7) is 7.45. The Balaban J connectivity index is 2.40. The first-order chi connectivity index (χ1) is 11.5. The van der Waals surface area contributed by atoms with Gasteiger partial charge in [0, 0.05) is 11.8 Å². The molecule has 0 spiro atoms. The molecular weight excluding hydrogens is 329 g/mol. The van der Waals surface area contributed by atoms with E-state index in [2.05, 4.69) is 4.99 Å². The number of carbonyl (C=O) groups is 1. The van der Waals surface area contributed by atoms with E-state index in [0.29, 0.717) is 12.3 Å². The molecule has 0 aromatic heterocycles. The Morgan fingerprint density at radius 3 is 2.44 bits per heavy atom. The molecular formula is C19H25F3N2O. The van der Waals surface area contributed by atoms with Crippen LogP contribution in [0.25, 0.3) is 0 Å². The van der Waals surface area contributed by atoms with E-state index < -0.39 is 23.2 Å². The molecule has 6 heteroatoms. The molecule has 1 aliphatic heterocycles. The number of Topliss-reactive ketones (excluding diaryl/α,β-unsaturated/α-hetero) is 1. The highest BCUT2D eigenvalue weighted by molar-refractivity contribution is 6.01. The van der Waals surface area contributed by atoms with Crippen LogP contribution in [-0.2, 0) is 17.4 Å². The lowest BCUT2D eigenvalue weighted by Crippen LogP contribution is -2.51. The number of amidine groups is 1. The second-order valence-electron chi connectivity index (χ2n) is 7.53. The Morgan fingerprint density at radius 1 is 1.28 bits per heavy atom. The molecule has 1 aliphatic rings.